The van der Waals surface area contributed by atoms with Crippen LogP contribution in [0.2, 0.25) is 0 Å². The molecule has 2 fully saturated rings. The molecular weight excluding hydrogens is 306 g/mol. The Morgan fingerprint density at radius 3 is 2.15 bits per heavy atom. The minimum atomic E-state index is -3.60. The number of hydrogen-bond acceptors (Lipinski definition) is 5. The fraction of sp³-hybridized carbons (Fsp3) is 0.909. The zero-order chi connectivity index (χ0) is 15.0. The van der Waals surface area contributed by atoms with Crippen molar-refractivity contribution in [1.29, 1.82) is 0 Å². The van der Waals surface area contributed by atoms with Gasteiger partial charge in [0, 0.05) is 12.6 Å². The van der Waals surface area contributed by atoms with Crippen LogP contribution in [0.25, 0.3) is 0 Å². The maximum Gasteiger partial charge on any atom is 0.304 e. The molecule has 9 heteroatoms. The molecule has 2 aliphatic rings. The summed E-state index contributed by atoms with van der Waals surface area (Å²) in [4.78, 5) is 10.6. The minimum Gasteiger partial charge on any atom is -0.481 e. The van der Waals surface area contributed by atoms with E-state index in [1.54, 1.807) is 0 Å². The summed E-state index contributed by atoms with van der Waals surface area (Å²) in [7, 11) is -6.71. The van der Waals surface area contributed by atoms with Crippen LogP contribution in [0.15, 0.2) is 0 Å². The fourth-order valence-corrected chi connectivity index (χ4v) is 6.42. The first-order valence-corrected chi connectivity index (χ1v) is 9.98. The second-order valence-corrected chi connectivity index (χ2v) is 9.85. The van der Waals surface area contributed by atoms with Crippen LogP contribution in [0, 0.1) is 0 Å². The Morgan fingerprint density at radius 1 is 1.15 bits per heavy atom. The lowest BCUT2D eigenvalue weighted by Crippen LogP contribution is -2.44. The normalized spacial score (nSPS) is 23.9. The first-order chi connectivity index (χ1) is 9.22. The molecule has 0 aromatic rings. The summed E-state index contributed by atoms with van der Waals surface area (Å²) >= 11 is 0. The van der Waals surface area contributed by atoms with E-state index in [-0.39, 0.29) is 43.4 Å². The quantitative estimate of drug-likeness (QED) is 0.726. The van der Waals surface area contributed by atoms with Crippen LogP contribution in [0.5, 0.6) is 0 Å². The van der Waals surface area contributed by atoms with E-state index in [1.807, 2.05) is 0 Å². The highest BCUT2D eigenvalue weighted by Gasteiger charge is 2.42. The van der Waals surface area contributed by atoms with Crippen LogP contribution in [-0.4, -0.2) is 61.6 Å². The predicted molar refractivity (Wildman–Crippen MR) is 72.6 cm³/mol. The number of nitrogens with zero attached hydrogens (tertiary/aromatic N) is 1. The van der Waals surface area contributed by atoms with Gasteiger partial charge >= 0.3 is 5.97 Å². The average Bonchev–Trinajstić information content (AvgIpc) is 3.12. The lowest BCUT2D eigenvalue weighted by atomic mass is 10.2. The van der Waals surface area contributed by atoms with E-state index in [0.29, 0.717) is 0 Å². The molecule has 0 amide bonds. The van der Waals surface area contributed by atoms with Crippen molar-refractivity contribution in [3.05, 3.63) is 0 Å². The van der Waals surface area contributed by atoms with Crippen LogP contribution in [-0.2, 0) is 24.7 Å². The van der Waals surface area contributed by atoms with Crippen molar-refractivity contribution in [2.24, 2.45) is 0 Å². The highest BCUT2D eigenvalue weighted by Crippen LogP contribution is 2.33. The average molecular weight is 325 g/mol. The number of rotatable bonds is 6. The molecule has 1 N–H and O–H groups in total. The van der Waals surface area contributed by atoms with Crippen LogP contribution in [0.3, 0.4) is 0 Å². The largest absolute Gasteiger partial charge is 0.481 e. The Balaban J connectivity index is 2.08. The molecule has 0 atom stereocenters. The van der Waals surface area contributed by atoms with Gasteiger partial charge in [0.1, 0.15) is 9.84 Å². The maximum atomic E-state index is 12.5. The van der Waals surface area contributed by atoms with Gasteiger partial charge in [-0.05, 0) is 25.7 Å². The Hall–Kier alpha value is -0.670. The first kappa shape index (κ1) is 15.7. The van der Waals surface area contributed by atoms with Gasteiger partial charge in [0.15, 0.2) is 0 Å². The Bertz CT molecular complexity index is 564. The summed E-state index contributed by atoms with van der Waals surface area (Å²) < 4.78 is 49.1. The third-order valence-corrected chi connectivity index (χ3v) is 7.91. The standard InChI is InChI=1S/C11H19NO6S2/c13-11(14)3-6-12(9-1-2-9)20(17,18)10-4-7-19(15,16)8-5-10/h9-10H,1-8H2,(H,13,14). The fourth-order valence-electron chi connectivity index (χ4n) is 2.44. The number of hydrogen-bond donors (Lipinski definition) is 1. The molecule has 1 aliphatic carbocycles. The summed E-state index contributed by atoms with van der Waals surface area (Å²) in [6.07, 6.45) is 1.51. The summed E-state index contributed by atoms with van der Waals surface area (Å²) in [6, 6.07) is -0.0992. The van der Waals surface area contributed by atoms with E-state index in [1.165, 1.54) is 4.31 Å². The number of carboxylic acid groups (broad SMARTS) is 1. The van der Waals surface area contributed by atoms with Crippen molar-refractivity contribution in [3.63, 3.8) is 0 Å². The monoisotopic (exact) mass is 325 g/mol. The van der Waals surface area contributed by atoms with Gasteiger partial charge in [-0.15, -0.1) is 0 Å². The van der Waals surface area contributed by atoms with Crippen molar-refractivity contribution in [1.82, 2.24) is 4.31 Å². The molecule has 2 rings (SSSR count). The van der Waals surface area contributed by atoms with E-state index >= 15 is 0 Å². The van der Waals surface area contributed by atoms with Crippen molar-refractivity contribution in [2.75, 3.05) is 18.1 Å². The van der Waals surface area contributed by atoms with Crippen LogP contribution < -0.4 is 0 Å². The van der Waals surface area contributed by atoms with Gasteiger partial charge in [-0.25, -0.2) is 16.8 Å². The van der Waals surface area contributed by atoms with Gasteiger partial charge in [0.05, 0.1) is 23.2 Å². The van der Waals surface area contributed by atoms with E-state index in [4.69, 9.17) is 5.11 Å². The van der Waals surface area contributed by atoms with Crippen LogP contribution in [0.4, 0.5) is 0 Å². The number of sulfonamides is 1. The Morgan fingerprint density at radius 2 is 1.70 bits per heavy atom. The Kier molecular flexibility index (Phi) is 4.41. The van der Waals surface area contributed by atoms with Crippen molar-refractivity contribution in [2.45, 2.75) is 43.4 Å². The molecule has 0 bridgehead atoms. The summed E-state index contributed by atoms with van der Waals surface area (Å²) in [6.45, 7) is -0.0222. The highest BCUT2D eigenvalue weighted by molar-refractivity contribution is 7.92. The molecule has 0 spiro atoms. The zero-order valence-electron chi connectivity index (χ0n) is 11.1. The number of carboxylic acids is 1. The maximum absolute atomic E-state index is 12.5. The van der Waals surface area contributed by atoms with Gasteiger partial charge < -0.3 is 5.11 Å². The lowest BCUT2D eigenvalue weighted by molar-refractivity contribution is -0.137. The molecular formula is C11H19NO6S2. The van der Waals surface area contributed by atoms with Crippen LogP contribution in [0.1, 0.15) is 32.1 Å². The van der Waals surface area contributed by atoms with E-state index in [2.05, 4.69) is 0 Å². The second kappa shape index (κ2) is 5.61. The topological polar surface area (TPSA) is 109 Å². The molecule has 1 aliphatic heterocycles. The van der Waals surface area contributed by atoms with E-state index in [0.717, 1.165) is 12.8 Å². The van der Waals surface area contributed by atoms with E-state index < -0.39 is 31.1 Å². The molecule has 1 saturated heterocycles. The molecule has 116 valence electrons. The molecule has 7 nitrogen and oxygen atoms in total. The predicted octanol–water partition coefficient (Wildman–Crippen LogP) is -0.167. The third-order valence-electron chi connectivity index (χ3n) is 3.75. The summed E-state index contributed by atoms with van der Waals surface area (Å²) in [5.74, 6) is -1.24. The smallest absolute Gasteiger partial charge is 0.304 e. The highest BCUT2D eigenvalue weighted by atomic mass is 32.2. The summed E-state index contributed by atoms with van der Waals surface area (Å²) in [5.41, 5.74) is 0. The van der Waals surface area contributed by atoms with Crippen molar-refractivity contribution in [3.8, 4) is 0 Å². The minimum absolute atomic E-state index is 0.0222. The van der Waals surface area contributed by atoms with Gasteiger partial charge in [-0.1, -0.05) is 0 Å². The number of aliphatic carboxylic acids is 1. The van der Waals surface area contributed by atoms with Gasteiger partial charge in [0.2, 0.25) is 10.0 Å². The summed E-state index contributed by atoms with van der Waals surface area (Å²) in [5, 5.41) is 8.01. The van der Waals surface area contributed by atoms with Gasteiger partial charge in [-0.2, -0.15) is 4.31 Å². The molecule has 0 radical (unpaired) electrons. The molecule has 20 heavy (non-hydrogen) atoms. The third kappa shape index (κ3) is 3.70. The van der Waals surface area contributed by atoms with Crippen molar-refractivity contribution < 1.29 is 26.7 Å². The molecule has 0 unspecified atom stereocenters. The number of carbonyl (C=O) groups is 1. The zero-order valence-corrected chi connectivity index (χ0v) is 12.7. The molecule has 1 heterocycles. The van der Waals surface area contributed by atoms with Crippen LogP contribution >= 0.6 is 0 Å². The lowest BCUT2D eigenvalue weighted by Gasteiger charge is -2.29. The number of sulfone groups is 1. The Labute approximate surface area is 118 Å². The SMILES string of the molecule is O=C(O)CCN(C1CC1)S(=O)(=O)C1CCS(=O)(=O)CC1. The van der Waals surface area contributed by atoms with Crippen molar-refractivity contribution >= 4 is 25.8 Å². The molecule has 1 saturated carbocycles. The van der Waals surface area contributed by atoms with Gasteiger partial charge in [-0.3, -0.25) is 4.79 Å². The van der Waals surface area contributed by atoms with E-state index in [9.17, 15) is 21.6 Å². The molecule has 0 aromatic heterocycles. The second-order valence-electron chi connectivity index (χ2n) is 5.38. The first-order valence-electron chi connectivity index (χ1n) is 6.65. The van der Waals surface area contributed by atoms with Gasteiger partial charge in [0.25, 0.3) is 0 Å². The molecule has 0 aromatic carbocycles.